The monoisotopic (exact) mass is 294 g/mol. The Hall–Kier alpha value is -1.36. The zero-order chi connectivity index (χ0) is 12.4. The first-order valence-corrected chi connectivity index (χ1v) is 6.28. The number of hydrogen-bond donors (Lipinski definition) is 2. The fourth-order valence-corrected chi connectivity index (χ4v) is 2.21. The summed E-state index contributed by atoms with van der Waals surface area (Å²) in [4.78, 5) is 3.91. The summed E-state index contributed by atoms with van der Waals surface area (Å²) in [6, 6.07) is 8.11. The van der Waals surface area contributed by atoms with Gasteiger partial charge in [-0.1, -0.05) is 15.9 Å². The first-order valence-electron chi connectivity index (χ1n) is 5.48. The van der Waals surface area contributed by atoms with E-state index < -0.39 is 0 Å². The van der Waals surface area contributed by atoms with E-state index in [-0.39, 0.29) is 0 Å². The molecule has 90 valence electrons. The smallest absolute Gasteiger partial charge is 0.121 e. The lowest BCUT2D eigenvalue weighted by Crippen LogP contribution is -2.51. The summed E-state index contributed by atoms with van der Waals surface area (Å²) in [7, 11) is 0. The Bertz CT molecular complexity index is 440. The first-order chi connectivity index (χ1) is 8.08. The maximum absolute atomic E-state index is 7.93. The third-order valence-corrected chi connectivity index (χ3v) is 3.39. The molecule has 5 heteroatoms. The average molecular weight is 295 g/mol. The maximum Gasteiger partial charge on any atom is 0.121 e. The quantitative estimate of drug-likeness (QED) is 0.618. The van der Waals surface area contributed by atoms with Crippen LogP contribution in [-0.2, 0) is 0 Å². The number of anilines is 1. The van der Waals surface area contributed by atoms with Gasteiger partial charge < -0.3 is 9.80 Å². The van der Waals surface area contributed by atoms with E-state index in [1.54, 1.807) is 11.8 Å². The number of nitrogens with zero attached hydrogens (tertiary/aromatic N) is 2. The highest BCUT2D eigenvalue weighted by atomic mass is 79.9. The van der Waals surface area contributed by atoms with Crippen LogP contribution < -0.4 is 4.90 Å². The standard InChI is InChI=1S/C12H15BrN4/c1-9(14)17-7-6-16(8-12(17)15)11-4-2-10(13)3-5-11/h2-5,14-15H,6-8H2,1H3. The molecule has 17 heavy (non-hydrogen) atoms. The van der Waals surface area contributed by atoms with E-state index in [1.165, 1.54) is 0 Å². The third-order valence-electron chi connectivity index (χ3n) is 2.86. The lowest BCUT2D eigenvalue weighted by Gasteiger charge is -2.36. The molecule has 0 unspecified atom stereocenters. The van der Waals surface area contributed by atoms with Gasteiger partial charge in [-0.2, -0.15) is 0 Å². The van der Waals surface area contributed by atoms with Crippen LogP contribution in [0.4, 0.5) is 5.69 Å². The number of piperazine rings is 1. The van der Waals surface area contributed by atoms with Crippen LogP contribution in [0.25, 0.3) is 0 Å². The molecule has 1 saturated heterocycles. The van der Waals surface area contributed by atoms with E-state index in [0.29, 0.717) is 24.8 Å². The minimum Gasteiger partial charge on any atom is -0.362 e. The highest BCUT2D eigenvalue weighted by molar-refractivity contribution is 9.10. The molecule has 1 aliphatic heterocycles. The summed E-state index contributed by atoms with van der Waals surface area (Å²) in [6.45, 7) is 3.85. The number of hydrogen-bond acceptors (Lipinski definition) is 3. The molecule has 0 aromatic heterocycles. The summed E-state index contributed by atoms with van der Waals surface area (Å²) < 4.78 is 1.06. The van der Waals surface area contributed by atoms with Gasteiger partial charge in [0, 0.05) is 23.2 Å². The van der Waals surface area contributed by atoms with Gasteiger partial charge in [-0.25, -0.2) is 0 Å². The first kappa shape index (κ1) is 12.1. The molecule has 0 aliphatic carbocycles. The molecule has 0 bridgehead atoms. The lowest BCUT2D eigenvalue weighted by molar-refractivity contribution is 0.543. The molecule has 4 nitrogen and oxygen atoms in total. The van der Waals surface area contributed by atoms with Gasteiger partial charge >= 0.3 is 0 Å². The van der Waals surface area contributed by atoms with Crippen LogP contribution >= 0.6 is 15.9 Å². The van der Waals surface area contributed by atoms with Gasteiger partial charge in [-0.05, 0) is 31.2 Å². The average Bonchev–Trinajstić information content (AvgIpc) is 2.29. The Labute approximate surface area is 109 Å². The van der Waals surface area contributed by atoms with E-state index in [1.807, 2.05) is 24.3 Å². The molecule has 2 rings (SSSR count). The molecule has 0 spiro atoms. The number of nitrogens with one attached hydrogen (secondary N) is 2. The molecule has 2 N–H and O–H groups in total. The van der Waals surface area contributed by atoms with E-state index in [9.17, 15) is 0 Å². The van der Waals surface area contributed by atoms with E-state index in [4.69, 9.17) is 10.8 Å². The minimum absolute atomic E-state index is 0.449. The second-order valence-corrected chi connectivity index (χ2v) is 5.00. The van der Waals surface area contributed by atoms with Crippen molar-refractivity contribution >= 4 is 33.3 Å². The van der Waals surface area contributed by atoms with Gasteiger partial charge in [0.2, 0.25) is 0 Å². The Kier molecular flexibility index (Phi) is 3.47. The molecule has 0 amide bonds. The molecule has 0 atom stereocenters. The second kappa shape index (κ2) is 4.87. The van der Waals surface area contributed by atoms with Gasteiger partial charge in [-0.15, -0.1) is 0 Å². The summed E-state index contributed by atoms with van der Waals surface area (Å²) in [5, 5.41) is 15.5. The zero-order valence-electron chi connectivity index (χ0n) is 9.70. The molecule has 0 saturated carbocycles. The molecule has 1 aliphatic rings. The highest BCUT2D eigenvalue weighted by Crippen LogP contribution is 2.20. The summed E-state index contributed by atoms with van der Waals surface area (Å²) >= 11 is 3.41. The third kappa shape index (κ3) is 2.66. The van der Waals surface area contributed by atoms with Gasteiger partial charge in [0.1, 0.15) is 5.84 Å². The lowest BCUT2D eigenvalue weighted by atomic mass is 10.2. The van der Waals surface area contributed by atoms with E-state index in [0.717, 1.165) is 16.7 Å². The molecular formula is C12H15BrN4. The predicted octanol–water partition coefficient (Wildman–Crippen LogP) is 2.55. The SMILES string of the molecule is CC(=N)N1CCN(c2ccc(Br)cc2)CC1=N. The Balaban J connectivity index is 2.09. The van der Waals surface area contributed by atoms with Crippen LogP contribution in [0.5, 0.6) is 0 Å². The van der Waals surface area contributed by atoms with Gasteiger partial charge in [0.25, 0.3) is 0 Å². The summed E-state index contributed by atoms with van der Waals surface area (Å²) in [5.41, 5.74) is 1.13. The van der Waals surface area contributed by atoms with Crippen LogP contribution in [0, 0.1) is 10.8 Å². The van der Waals surface area contributed by atoms with Gasteiger partial charge in [-0.3, -0.25) is 10.8 Å². The maximum atomic E-state index is 7.93. The highest BCUT2D eigenvalue weighted by Gasteiger charge is 2.22. The number of amidine groups is 2. The van der Waals surface area contributed by atoms with Crippen molar-refractivity contribution in [2.75, 3.05) is 24.5 Å². The van der Waals surface area contributed by atoms with Crippen LogP contribution in [0.1, 0.15) is 6.92 Å². The van der Waals surface area contributed by atoms with Crippen LogP contribution in [0.3, 0.4) is 0 Å². The fourth-order valence-electron chi connectivity index (χ4n) is 1.94. The Morgan fingerprint density at radius 3 is 2.41 bits per heavy atom. The number of benzene rings is 1. The molecule has 0 radical (unpaired) electrons. The van der Waals surface area contributed by atoms with E-state index in [2.05, 4.69) is 20.8 Å². The molecule has 1 aromatic carbocycles. The largest absolute Gasteiger partial charge is 0.362 e. The molecule has 1 heterocycles. The Morgan fingerprint density at radius 2 is 1.88 bits per heavy atom. The van der Waals surface area contributed by atoms with Crippen molar-refractivity contribution in [2.24, 2.45) is 0 Å². The van der Waals surface area contributed by atoms with Gasteiger partial charge in [0.05, 0.1) is 12.4 Å². The van der Waals surface area contributed by atoms with Crippen molar-refractivity contribution < 1.29 is 0 Å². The van der Waals surface area contributed by atoms with Crippen LogP contribution in [-0.4, -0.2) is 36.2 Å². The fraction of sp³-hybridized carbons (Fsp3) is 0.333. The van der Waals surface area contributed by atoms with Crippen LogP contribution in [0.15, 0.2) is 28.7 Å². The second-order valence-electron chi connectivity index (χ2n) is 4.08. The van der Waals surface area contributed by atoms with Crippen molar-refractivity contribution in [2.45, 2.75) is 6.92 Å². The van der Waals surface area contributed by atoms with E-state index >= 15 is 0 Å². The summed E-state index contributed by atoms with van der Waals surface area (Å²) in [5.74, 6) is 0.942. The Morgan fingerprint density at radius 1 is 1.24 bits per heavy atom. The van der Waals surface area contributed by atoms with Crippen molar-refractivity contribution in [1.82, 2.24) is 4.90 Å². The van der Waals surface area contributed by atoms with Crippen molar-refractivity contribution in [3.63, 3.8) is 0 Å². The summed E-state index contributed by atoms with van der Waals surface area (Å²) in [6.07, 6.45) is 0. The van der Waals surface area contributed by atoms with Crippen molar-refractivity contribution in [3.8, 4) is 0 Å². The van der Waals surface area contributed by atoms with Crippen LogP contribution in [0.2, 0.25) is 0 Å². The predicted molar refractivity (Wildman–Crippen MR) is 74.2 cm³/mol. The van der Waals surface area contributed by atoms with Crippen molar-refractivity contribution in [1.29, 1.82) is 10.8 Å². The zero-order valence-corrected chi connectivity index (χ0v) is 11.3. The molecular weight excluding hydrogens is 280 g/mol. The van der Waals surface area contributed by atoms with Gasteiger partial charge in [0.15, 0.2) is 0 Å². The molecule has 1 fully saturated rings. The number of halogens is 1. The molecule has 1 aromatic rings. The number of rotatable bonds is 1. The minimum atomic E-state index is 0.449. The van der Waals surface area contributed by atoms with Crippen molar-refractivity contribution in [3.05, 3.63) is 28.7 Å². The topological polar surface area (TPSA) is 54.2 Å². The normalized spacial score (nSPS) is 16.2.